The molecule has 1 aromatic heterocycles. The molecule has 0 bridgehead atoms. The Hall–Kier alpha value is -5.60. The first-order valence-corrected chi connectivity index (χ1v) is 18.2. The number of benzene rings is 4. The molecule has 5 aromatic rings. The fourth-order valence-corrected chi connectivity index (χ4v) is 6.40. The van der Waals surface area contributed by atoms with Gasteiger partial charge < -0.3 is 23.8 Å². The zero-order valence-corrected chi connectivity index (χ0v) is 31.4. The summed E-state index contributed by atoms with van der Waals surface area (Å²) in [5, 5.41) is 0. The Kier molecular flexibility index (Phi) is 12.4. The van der Waals surface area contributed by atoms with Gasteiger partial charge in [-0.25, -0.2) is 4.98 Å². The molecule has 0 aliphatic carbocycles. The Labute approximate surface area is 313 Å². The number of piperazine rings is 1. The number of carbonyl (C=O) groups is 1. The first-order chi connectivity index (χ1) is 25.7. The van der Waals surface area contributed by atoms with Crippen molar-refractivity contribution in [1.29, 1.82) is 0 Å². The van der Waals surface area contributed by atoms with Crippen molar-refractivity contribution >= 4 is 12.0 Å². The van der Waals surface area contributed by atoms with Gasteiger partial charge in [-0.1, -0.05) is 48.0 Å². The summed E-state index contributed by atoms with van der Waals surface area (Å²) >= 11 is 0. The van der Waals surface area contributed by atoms with Crippen LogP contribution < -0.4 is 18.9 Å². The fraction of sp³-hybridized carbons (Fsp3) is 0.289. The summed E-state index contributed by atoms with van der Waals surface area (Å²) in [6, 6.07) is 30.4. The van der Waals surface area contributed by atoms with Crippen molar-refractivity contribution < 1.29 is 23.7 Å². The van der Waals surface area contributed by atoms with Gasteiger partial charge in [0.2, 0.25) is 11.8 Å². The van der Waals surface area contributed by atoms with Gasteiger partial charge in [0.25, 0.3) is 0 Å². The summed E-state index contributed by atoms with van der Waals surface area (Å²) < 4.78 is 23.2. The van der Waals surface area contributed by atoms with Crippen molar-refractivity contribution in [3.8, 4) is 28.9 Å². The van der Waals surface area contributed by atoms with Crippen LogP contribution in [0.1, 0.15) is 44.5 Å². The van der Waals surface area contributed by atoms with Crippen molar-refractivity contribution in [2.24, 2.45) is 0 Å². The summed E-state index contributed by atoms with van der Waals surface area (Å²) in [4.78, 5) is 22.0. The SMILES string of the molecule is COc1ccc(COc2ccc(Oc3c(C)cc(/C=C/C(=O)N4CCN(Cc5ccc(CCOc6ccc(C)cc6)cc5C)CC4)cc3C)nc2)cc1. The van der Waals surface area contributed by atoms with E-state index in [0.717, 1.165) is 65.6 Å². The zero-order chi connectivity index (χ0) is 37.2. The number of ether oxygens (including phenoxy) is 4. The highest BCUT2D eigenvalue weighted by Gasteiger charge is 2.20. The van der Waals surface area contributed by atoms with E-state index in [1.165, 1.54) is 22.3 Å². The number of aryl methyl sites for hydroxylation is 4. The van der Waals surface area contributed by atoms with Crippen LogP contribution in [0.4, 0.5) is 0 Å². The lowest BCUT2D eigenvalue weighted by Crippen LogP contribution is -2.47. The van der Waals surface area contributed by atoms with Gasteiger partial charge in [-0.2, -0.15) is 0 Å². The summed E-state index contributed by atoms with van der Waals surface area (Å²) in [6.45, 7) is 13.3. The quantitative estimate of drug-likeness (QED) is 0.107. The Bertz CT molecular complexity index is 1980. The van der Waals surface area contributed by atoms with Gasteiger partial charge in [-0.15, -0.1) is 0 Å². The van der Waals surface area contributed by atoms with E-state index in [0.29, 0.717) is 37.9 Å². The number of aromatic nitrogens is 1. The second kappa shape index (κ2) is 17.8. The molecule has 274 valence electrons. The first-order valence-electron chi connectivity index (χ1n) is 18.2. The minimum atomic E-state index is 0.0344. The molecule has 1 aliphatic heterocycles. The van der Waals surface area contributed by atoms with Gasteiger partial charge in [0.1, 0.15) is 29.6 Å². The monoisotopic (exact) mass is 711 g/mol. The second-order valence-electron chi connectivity index (χ2n) is 13.7. The van der Waals surface area contributed by atoms with Crippen LogP contribution in [-0.2, 0) is 24.4 Å². The highest BCUT2D eigenvalue weighted by atomic mass is 16.5. The van der Waals surface area contributed by atoms with Crippen LogP contribution in [-0.4, -0.2) is 60.6 Å². The molecule has 0 unspecified atom stereocenters. The van der Waals surface area contributed by atoms with E-state index in [2.05, 4.69) is 54.1 Å². The molecule has 1 aliphatic rings. The van der Waals surface area contributed by atoms with Gasteiger partial charge in [0, 0.05) is 51.3 Å². The number of amides is 1. The number of methoxy groups -OCH3 is 1. The first kappa shape index (κ1) is 37.2. The predicted molar refractivity (Wildman–Crippen MR) is 210 cm³/mol. The van der Waals surface area contributed by atoms with Gasteiger partial charge in [0.05, 0.1) is 19.9 Å². The van der Waals surface area contributed by atoms with E-state index in [-0.39, 0.29) is 5.91 Å². The summed E-state index contributed by atoms with van der Waals surface area (Å²) in [6.07, 6.45) is 6.11. The molecule has 1 fully saturated rings. The average Bonchev–Trinajstić information content (AvgIpc) is 3.17. The van der Waals surface area contributed by atoms with E-state index >= 15 is 0 Å². The smallest absolute Gasteiger partial charge is 0.246 e. The fourth-order valence-electron chi connectivity index (χ4n) is 6.40. The van der Waals surface area contributed by atoms with Crippen LogP contribution in [0.25, 0.3) is 6.08 Å². The molecule has 0 atom stereocenters. The standard InChI is InChI=1S/C45H49N3O5/c1-32-6-13-41(14-7-32)51-25-20-36-8-12-39(33(2)26-36)30-47-21-23-48(24-22-47)44(49)19-11-38-27-34(3)45(35(4)28-38)53-43-18-17-42(29-46-43)52-31-37-9-15-40(50-5)16-10-37/h6-19,26-29H,20-25,30-31H2,1-5H3/b19-11+. The maximum Gasteiger partial charge on any atom is 0.246 e. The van der Waals surface area contributed by atoms with Crippen LogP contribution in [0.5, 0.6) is 28.9 Å². The average molecular weight is 712 g/mol. The van der Waals surface area contributed by atoms with Gasteiger partial charge >= 0.3 is 0 Å². The van der Waals surface area contributed by atoms with E-state index in [4.69, 9.17) is 18.9 Å². The molecular weight excluding hydrogens is 663 g/mol. The molecule has 53 heavy (non-hydrogen) atoms. The summed E-state index contributed by atoms with van der Waals surface area (Å²) in [5.74, 6) is 3.65. The largest absolute Gasteiger partial charge is 0.497 e. The van der Waals surface area contributed by atoms with Crippen molar-refractivity contribution in [3.63, 3.8) is 0 Å². The van der Waals surface area contributed by atoms with Crippen LogP contribution in [0.15, 0.2) is 103 Å². The number of hydrogen-bond acceptors (Lipinski definition) is 7. The predicted octanol–water partition coefficient (Wildman–Crippen LogP) is 8.67. The molecule has 4 aromatic carbocycles. The van der Waals surface area contributed by atoms with E-state index < -0.39 is 0 Å². The highest BCUT2D eigenvalue weighted by Crippen LogP contribution is 2.30. The number of rotatable bonds is 14. The molecule has 8 nitrogen and oxygen atoms in total. The van der Waals surface area contributed by atoms with Gasteiger partial charge in [0.15, 0.2) is 0 Å². The normalized spacial score (nSPS) is 13.3. The second-order valence-corrected chi connectivity index (χ2v) is 13.7. The Morgan fingerprint density at radius 2 is 1.42 bits per heavy atom. The van der Waals surface area contributed by atoms with Crippen molar-refractivity contribution in [3.05, 3.63) is 148 Å². The Balaban J connectivity index is 0.943. The molecule has 0 saturated carbocycles. The third kappa shape index (κ3) is 10.5. The molecule has 6 rings (SSSR count). The molecule has 1 amide bonds. The number of nitrogens with zero attached hydrogens (tertiary/aromatic N) is 3. The third-order valence-corrected chi connectivity index (χ3v) is 9.55. The van der Waals surface area contributed by atoms with Crippen LogP contribution >= 0.6 is 0 Å². The van der Waals surface area contributed by atoms with Crippen molar-refractivity contribution in [2.75, 3.05) is 39.9 Å². The summed E-state index contributed by atoms with van der Waals surface area (Å²) in [7, 11) is 1.65. The van der Waals surface area contributed by atoms with E-state index in [1.807, 2.05) is 79.4 Å². The van der Waals surface area contributed by atoms with Gasteiger partial charge in [-0.05, 0) is 115 Å². The molecular formula is C45H49N3O5. The zero-order valence-electron chi connectivity index (χ0n) is 31.4. The summed E-state index contributed by atoms with van der Waals surface area (Å²) in [5.41, 5.74) is 9.05. The van der Waals surface area contributed by atoms with Crippen LogP contribution in [0.2, 0.25) is 0 Å². The molecule has 0 radical (unpaired) electrons. The number of hydrogen-bond donors (Lipinski definition) is 0. The number of pyridine rings is 1. The topological polar surface area (TPSA) is 73.4 Å². The lowest BCUT2D eigenvalue weighted by atomic mass is 10.0. The minimum Gasteiger partial charge on any atom is -0.497 e. The lowest BCUT2D eigenvalue weighted by molar-refractivity contribution is -0.127. The van der Waals surface area contributed by atoms with Crippen molar-refractivity contribution in [2.45, 2.75) is 47.3 Å². The van der Waals surface area contributed by atoms with Crippen LogP contribution in [0.3, 0.4) is 0 Å². The highest BCUT2D eigenvalue weighted by molar-refractivity contribution is 5.92. The minimum absolute atomic E-state index is 0.0344. The molecule has 2 heterocycles. The van der Waals surface area contributed by atoms with Gasteiger partial charge in [-0.3, -0.25) is 9.69 Å². The van der Waals surface area contributed by atoms with Crippen molar-refractivity contribution in [1.82, 2.24) is 14.8 Å². The molecule has 0 N–H and O–H groups in total. The molecule has 8 heteroatoms. The van der Waals surface area contributed by atoms with E-state index in [9.17, 15) is 4.79 Å². The van der Waals surface area contributed by atoms with Crippen LogP contribution in [0, 0.1) is 27.7 Å². The maximum absolute atomic E-state index is 13.1. The number of carbonyl (C=O) groups excluding carboxylic acids is 1. The lowest BCUT2D eigenvalue weighted by Gasteiger charge is -2.34. The molecule has 1 saturated heterocycles. The molecule has 0 spiro atoms. The third-order valence-electron chi connectivity index (χ3n) is 9.55. The van der Waals surface area contributed by atoms with E-state index in [1.54, 1.807) is 25.4 Å². The Morgan fingerprint density at radius 3 is 2.08 bits per heavy atom. The Morgan fingerprint density at radius 1 is 0.736 bits per heavy atom. The maximum atomic E-state index is 13.1.